The van der Waals surface area contributed by atoms with Crippen molar-refractivity contribution in [3.63, 3.8) is 0 Å². The molecular weight excluding hydrogens is 222 g/mol. The van der Waals surface area contributed by atoms with Crippen molar-refractivity contribution in [2.75, 3.05) is 6.54 Å². The van der Waals surface area contributed by atoms with E-state index in [2.05, 4.69) is 57.3 Å². The van der Waals surface area contributed by atoms with Gasteiger partial charge in [-0.05, 0) is 50.9 Å². The maximum atomic E-state index is 5.78. The molecule has 0 aromatic heterocycles. The van der Waals surface area contributed by atoms with Crippen LogP contribution in [0.25, 0.3) is 0 Å². The minimum Gasteiger partial charge on any atom is -0.491 e. The van der Waals surface area contributed by atoms with Crippen LogP contribution in [0.5, 0.6) is 5.75 Å². The lowest BCUT2D eigenvalue weighted by molar-refractivity contribution is 0.217. The van der Waals surface area contributed by atoms with Crippen LogP contribution in [0.2, 0.25) is 0 Å². The second-order valence-corrected chi connectivity index (χ2v) is 4.94. The van der Waals surface area contributed by atoms with Crippen LogP contribution in [0.15, 0.2) is 24.3 Å². The third-order valence-electron chi connectivity index (χ3n) is 3.27. The van der Waals surface area contributed by atoms with Gasteiger partial charge in [-0.15, -0.1) is 0 Å². The van der Waals surface area contributed by atoms with Gasteiger partial charge in [-0.1, -0.05) is 32.4 Å². The standard InChI is InChI=1S/C16H27NO/c1-5-7-12-17-14(4)15-8-10-16(11-9-15)18-13(3)6-2/h8-11,13-14,17H,5-7,12H2,1-4H3/t13-,14-/m1/s1. The van der Waals surface area contributed by atoms with Crippen LogP contribution in [0, 0.1) is 0 Å². The molecule has 1 rings (SSSR count). The van der Waals surface area contributed by atoms with Crippen molar-refractivity contribution in [2.24, 2.45) is 0 Å². The summed E-state index contributed by atoms with van der Waals surface area (Å²) in [6.45, 7) is 9.75. The second kappa shape index (κ2) is 8.15. The fraction of sp³-hybridized carbons (Fsp3) is 0.625. The maximum absolute atomic E-state index is 5.78. The SMILES string of the molecule is CCCCN[C@H](C)c1ccc(O[C@H](C)CC)cc1. The van der Waals surface area contributed by atoms with E-state index in [1.165, 1.54) is 18.4 Å². The van der Waals surface area contributed by atoms with Crippen LogP contribution in [-0.2, 0) is 0 Å². The number of benzene rings is 1. The average Bonchev–Trinajstić information content (AvgIpc) is 2.39. The third kappa shape index (κ3) is 5.09. The van der Waals surface area contributed by atoms with Gasteiger partial charge in [0.05, 0.1) is 6.10 Å². The van der Waals surface area contributed by atoms with E-state index in [9.17, 15) is 0 Å². The van der Waals surface area contributed by atoms with Gasteiger partial charge < -0.3 is 10.1 Å². The van der Waals surface area contributed by atoms with Gasteiger partial charge in [0, 0.05) is 6.04 Å². The summed E-state index contributed by atoms with van der Waals surface area (Å²) in [6, 6.07) is 8.86. The fourth-order valence-electron chi connectivity index (χ4n) is 1.76. The Morgan fingerprint density at radius 1 is 1.11 bits per heavy atom. The monoisotopic (exact) mass is 249 g/mol. The normalized spacial score (nSPS) is 14.2. The molecule has 1 N–H and O–H groups in total. The van der Waals surface area contributed by atoms with E-state index >= 15 is 0 Å². The average molecular weight is 249 g/mol. The summed E-state index contributed by atoms with van der Waals surface area (Å²) in [4.78, 5) is 0. The Bertz CT molecular complexity index is 320. The van der Waals surface area contributed by atoms with Gasteiger partial charge in [0.2, 0.25) is 0 Å². The van der Waals surface area contributed by atoms with Crippen molar-refractivity contribution < 1.29 is 4.74 Å². The molecule has 0 bridgehead atoms. The molecule has 0 radical (unpaired) electrons. The first-order valence-electron chi connectivity index (χ1n) is 7.17. The highest BCUT2D eigenvalue weighted by Crippen LogP contribution is 2.19. The van der Waals surface area contributed by atoms with Gasteiger partial charge in [-0.2, -0.15) is 0 Å². The topological polar surface area (TPSA) is 21.3 Å². The van der Waals surface area contributed by atoms with Gasteiger partial charge in [0.1, 0.15) is 5.75 Å². The highest BCUT2D eigenvalue weighted by atomic mass is 16.5. The molecule has 2 atom stereocenters. The van der Waals surface area contributed by atoms with Crippen LogP contribution in [0.4, 0.5) is 0 Å². The molecule has 1 aromatic carbocycles. The summed E-state index contributed by atoms with van der Waals surface area (Å²) < 4.78 is 5.78. The Hall–Kier alpha value is -1.02. The molecule has 0 unspecified atom stereocenters. The predicted octanol–water partition coefficient (Wildman–Crippen LogP) is 4.31. The highest BCUT2D eigenvalue weighted by Gasteiger charge is 2.05. The van der Waals surface area contributed by atoms with Gasteiger partial charge in [0.25, 0.3) is 0 Å². The molecule has 0 fully saturated rings. The number of hydrogen-bond acceptors (Lipinski definition) is 2. The summed E-state index contributed by atoms with van der Waals surface area (Å²) in [5.74, 6) is 0.967. The van der Waals surface area contributed by atoms with E-state index in [1.54, 1.807) is 0 Å². The number of rotatable bonds is 8. The maximum Gasteiger partial charge on any atom is 0.119 e. The zero-order chi connectivity index (χ0) is 13.4. The van der Waals surface area contributed by atoms with Gasteiger partial charge in [-0.3, -0.25) is 0 Å². The molecule has 0 heterocycles. The highest BCUT2D eigenvalue weighted by molar-refractivity contribution is 5.29. The number of unbranched alkanes of at least 4 members (excludes halogenated alkanes) is 1. The molecule has 0 spiro atoms. The molecule has 2 nitrogen and oxygen atoms in total. The molecule has 18 heavy (non-hydrogen) atoms. The Labute approximate surface area is 112 Å². The first-order chi connectivity index (χ1) is 8.67. The first kappa shape index (κ1) is 15.0. The lowest BCUT2D eigenvalue weighted by Crippen LogP contribution is -2.19. The molecule has 2 heteroatoms. The van der Waals surface area contributed by atoms with Crippen molar-refractivity contribution in [1.82, 2.24) is 5.32 Å². The number of ether oxygens (including phenoxy) is 1. The van der Waals surface area contributed by atoms with E-state index in [4.69, 9.17) is 4.74 Å². The largest absolute Gasteiger partial charge is 0.491 e. The smallest absolute Gasteiger partial charge is 0.119 e. The quantitative estimate of drug-likeness (QED) is 0.693. The van der Waals surface area contributed by atoms with E-state index < -0.39 is 0 Å². The minimum absolute atomic E-state index is 0.288. The summed E-state index contributed by atoms with van der Waals surface area (Å²) in [5.41, 5.74) is 1.32. The van der Waals surface area contributed by atoms with Crippen LogP contribution < -0.4 is 10.1 Å². The zero-order valence-corrected chi connectivity index (χ0v) is 12.2. The van der Waals surface area contributed by atoms with Crippen molar-refractivity contribution in [1.29, 1.82) is 0 Å². The Balaban J connectivity index is 2.48. The number of nitrogens with one attached hydrogen (secondary N) is 1. The second-order valence-electron chi connectivity index (χ2n) is 4.94. The lowest BCUT2D eigenvalue weighted by atomic mass is 10.1. The van der Waals surface area contributed by atoms with Gasteiger partial charge in [-0.25, -0.2) is 0 Å². The predicted molar refractivity (Wildman–Crippen MR) is 78.1 cm³/mol. The Morgan fingerprint density at radius 3 is 2.33 bits per heavy atom. The van der Waals surface area contributed by atoms with Crippen LogP contribution >= 0.6 is 0 Å². The van der Waals surface area contributed by atoms with Gasteiger partial charge >= 0.3 is 0 Å². The van der Waals surface area contributed by atoms with Crippen molar-refractivity contribution in [3.05, 3.63) is 29.8 Å². The van der Waals surface area contributed by atoms with Crippen molar-refractivity contribution in [2.45, 2.75) is 59.1 Å². The third-order valence-corrected chi connectivity index (χ3v) is 3.27. The Morgan fingerprint density at radius 2 is 1.78 bits per heavy atom. The molecule has 0 aliphatic heterocycles. The Kier molecular flexibility index (Phi) is 6.81. The van der Waals surface area contributed by atoms with E-state index in [0.29, 0.717) is 6.04 Å². The summed E-state index contributed by atoms with van der Waals surface area (Å²) in [5, 5.41) is 3.53. The van der Waals surface area contributed by atoms with E-state index in [1.807, 2.05) is 0 Å². The molecule has 0 aliphatic carbocycles. The molecule has 0 saturated carbocycles. The van der Waals surface area contributed by atoms with Crippen LogP contribution in [0.3, 0.4) is 0 Å². The van der Waals surface area contributed by atoms with Gasteiger partial charge in [0.15, 0.2) is 0 Å². The van der Waals surface area contributed by atoms with Crippen molar-refractivity contribution >= 4 is 0 Å². The molecule has 0 amide bonds. The van der Waals surface area contributed by atoms with E-state index in [0.717, 1.165) is 18.7 Å². The first-order valence-corrected chi connectivity index (χ1v) is 7.17. The summed E-state index contributed by atoms with van der Waals surface area (Å²) in [6.07, 6.45) is 3.80. The van der Waals surface area contributed by atoms with E-state index in [-0.39, 0.29) is 6.10 Å². The van der Waals surface area contributed by atoms with Crippen molar-refractivity contribution in [3.8, 4) is 5.75 Å². The molecular formula is C16H27NO. The zero-order valence-electron chi connectivity index (χ0n) is 12.2. The minimum atomic E-state index is 0.288. The summed E-state index contributed by atoms with van der Waals surface area (Å²) in [7, 11) is 0. The summed E-state index contributed by atoms with van der Waals surface area (Å²) >= 11 is 0. The van der Waals surface area contributed by atoms with Crippen LogP contribution in [0.1, 0.15) is 58.6 Å². The molecule has 0 aliphatic rings. The molecule has 0 saturated heterocycles. The lowest BCUT2D eigenvalue weighted by Gasteiger charge is -2.16. The molecule has 102 valence electrons. The molecule has 1 aromatic rings. The van der Waals surface area contributed by atoms with Crippen LogP contribution in [-0.4, -0.2) is 12.6 Å². The number of hydrogen-bond donors (Lipinski definition) is 1. The fourth-order valence-corrected chi connectivity index (χ4v) is 1.76.